The number of hydrogen-bond donors (Lipinski definition) is 3. The van der Waals surface area contributed by atoms with Crippen molar-refractivity contribution in [1.29, 1.82) is 0 Å². The number of aliphatic hydroxyl groups is 1. The first-order valence-corrected chi connectivity index (χ1v) is 12.9. The van der Waals surface area contributed by atoms with Crippen molar-refractivity contribution >= 4 is 47.2 Å². The van der Waals surface area contributed by atoms with Crippen molar-refractivity contribution < 1.29 is 27.8 Å². The molecule has 10 nitrogen and oxygen atoms in total. The monoisotopic (exact) mass is 483 g/mol. The molecule has 0 aliphatic carbocycles. The van der Waals surface area contributed by atoms with Crippen LogP contribution in [-0.2, 0) is 25.1 Å². The topological polar surface area (TPSA) is 143 Å². The van der Waals surface area contributed by atoms with E-state index >= 15 is 0 Å². The maximum atomic E-state index is 13.6. The highest BCUT2D eigenvalue weighted by Crippen LogP contribution is 2.52. The van der Waals surface area contributed by atoms with Crippen molar-refractivity contribution in [3.63, 3.8) is 0 Å². The Hall–Kier alpha value is -2.20. The van der Waals surface area contributed by atoms with Crippen LogP contribution in [0.4, 0.5) is 11.4 Å². The van der Waals surface area contributed by atoms with Gasteiger partial charge in [0.2, 0.25) is 0 Å². The second-order valence-corrected chi connectivity index (χ2v) is 11.5. The van der Waals surface area contributed by atoms with Crippen LogP contribution in [0.3, 0.4) is 0 Å². The van der Waals surface area contributed by atoms with E-state index in [1.54, 1.807) is 18.7 Å². The summed E-state index contributed by atoms with van der Waals surface area (Å²) in [6.07, 6.45) is 0.737. The molecule has 0 fully saturated rings. The molecule has 0 saturated heterocycles. The Bertz CT molecular complexity index is 1060. The smallest absolute Gasteiger partial charge is 0.348 e. The Labute approximate surface area is 190 Å². The van der Waals surface area contributed by atoms with Crippen molar-refractivity contribution in [2.24, 2.45) is 10.2 Å². The molecule has 3 rings (SSSR count). The highest BCUT2D eigenvalue weighted by atomic mass is 32.2. The third-order valence-corrected chi connectivity index (χ3v) is 7.68. The van der Waals surface area contributed by atoms with Crippen LogP contribution in [0.2, 0.25) is 0 Å². The highest BCUT2D eigenvalue weighted by Gasteiger charge is 2.43. The first-order valence-electron chi connectivity index (χ1n) is 10.2. The van der Waals surface area contributed by atoms with Gasteiger partial charge in [-0.1, -0.05) is 20.8 Å². The molecule has 0 spiro atoms. The molecule has 1 aromatic carbocycles. The molecule has 2 heterocycles. The Morgan fingerprint density at radius 1 is 1.41 bits per heavy atom. The van der Waals surface area contributed by atoms with Gasteiger partial charge in [-0.3, -0.25) is 13.6 Å². The van der Waals surface area contributed by atoms with E-state index in [-0.39, 0.29) is 40.2 Å². The number of anilines is 2. The first kappa shape index (κ1) is 24.4. The molecule has 0 aromatic heterocycles. The molecule has 3 unspecified atom stereocenters. The average Bonchev–Trinajstić information content (AvgIpc) is 2.88. The van der Waals surface area contributed by atoms with E-state index in [2.05, 4.69) is 35.6 Å². The van der Waals surface area contributed by atoms with E-state index in [4.69, 9.17) is 4.52 Å². The predicted octanol–water partition coefficient (Wildman–Crippen LogP) is 3.05. The number of benzene rings is 1. The number of hydrogen-bond acceptors (Lipinski definition) is 7. The number of nitrogens with zero attached hydrogens (tertiary/aromatic N) is 2. The van der Waals surface area contributed by atoms with E-state index in [9.17, 15) is 23.2 Å². The SMILES string of the molecule is CCOP1(=O)N=C(C2=C(O)C(C)N(CCC(C)(C)C)C2=O)Nc2ccc(NS(=O)[O-])cc21. The number of amides is 1. The number of fused-ring (bicyclic) bond motifs is 1. The highest BCUT2D eigenvalue weighted by molar-refractivity contribution is 7.80. The number of carbonyl (C=O) groups excluding carboxylic acids is 1. The molecular weight excluding hydrogens is 455 g/mol. The van der Waals surface area contributed by atoms with Gasteiger partial charge in [0, 0.05) is 23.5 Å². The molecule has 176 valence electrons. The lowest BCUT2D eigenvalue weighted by Gasteiger charge is -2.27. The van der Waals surface area contributed by atoms with Gasteiger partial charge in [-0.2, -0.15) is 4.76 Å². The van der Waals surface area contributed by atoms with Gasteiger partial charge in [-0.15, -0.1) is 0 Å². The Kier molecular flexibility index (Phi) is 6.86. The molecule has 32 heavy (non-hydrogen) atoms. The third kappa shape index (κ3) is 4.91. The van der Waals surface area contributed by atoms with Gasteiger partial charge in [0.1, 0.15) is 11.3 Å². The predicted molar refractivity (Wildman–Crippen MR) is 124 cm³/mol. The van der Waals surface area contributed by atoms with E-state index in [1.807, 2.05) is 0 Å². The van der Waals surface area contributed by atoms with Crippen LogP contribution in [0.25, 0.3) is 0 Å². The number of nitrogens with one attached hydrogen (secondary N) is 2. The standard InChI is InChI=1S/C20H29N4O6PS/c1-6-30-31(27)15-11-13(23-32(28)29)7-8-14(15)21-18(22-31)16-17(25)12(2)24(19(16)26)10-9-20(3,4)5/h7-8,11-12,23,25H,6,9-10H2,1-5H3,(H,28,29)(H,21,22,27)/p-1. The minimum absolute atomic E-state index is 0.00207. The van der Waals surface area contributed by atoms with Crippen LogP contribution in [0.15, 0.2) is 34.3 Å². The molecule has 3 N–H and O–H groups in total. The minimum Gasteiger partial charge on any atom is -0.755 e. The van der Waals surface area contributed by atoms with Crippen molar-refractivity contribution in [2.45, 2.75) is 47.1 Å². The van der Waals surface area contributed by atoms with E-state index < -0.39 is 30.7 Å². The van der Waals surface area contributed by atoms with Gasteiger partial charge in [-0.25, -0.2) is 0 Å². The Balaban J connectivity index is 1.99. The fourth-order valence-electron chi connectivity index (χ4n) is 3.51. The molecule has 12 heteroatoms. The lowest BCUT2D eigenvalue weighted by molar-refractivity contribution is -0.126. The van der Waals surface area contributed by atoms with Gasteiger partial charge in [0.25, 0.3) is 5.91 Å². The van der Waals surface area contributed by atoms with Crippen LogP contribution < -0.4 is 15.3 Å². The normalized spacial score (nSPS) is 24.2. The van der Waals surface area contributed by atoms with Crippen molar-refractivity contribution in [2.75, 3.05) is 23.2 Å². The summed E-state index contributed by atoms with van der Waals surface area (Å²) in [7, 11) is -3.85. The van der Waals surface area contributed by atoms with Crippen molar-refractivity contribution in [3.8, 4) is 0 Å². The number of rotatable bonds is 7. The van der Waals surface area contributed by atoms with E-state index in [0.717, 1.165) is 6.42 Å². The minimum atomic E-state index is -3.85. The van der Waals surface area contributed by atoms with Gasteiger partial charge in [-0.05, 0) is 43.9 Å². The summed E-state index contributed by atoms with van der Waals surface area (Å²) in [6, 6.07) is 3.82. The maximum absolute atomic E-state index is 13.6. The first-order chi connectivity index (χ1) is 14.9. The van der Waals surface area contributed by atoms with Crippen LogP contribution in [0.5, 0.6) is 0 Å². The molecule has 2 aliphatic heterocycles. The second kappa shape index (κ2) is 8.97. The van der Waals surface area contributed by atoms with Crippen LogP contribution in [0, 0.1) is 5.41 Å². The quantitative estimate of drug-likeness (QED) is 0.399. The van der Waals surface area contributed by atoms with Gasteiger partial charge >= 0.3 is 7.52 Å². The zero-order valence-electron chi connectivity index (χ0n) is 18.7. The Morgan fingerprint density at radius 2 is 2.09 bits per heavy atom. The molecule has 0 radical (unpaired) electrons. The number of carbonyl (C=O) groups is 1. The summed E-state index contributed by atoms with van der Waals surface area (Å²) in [5.74, 6) is -0.589. The molecule has 0 saturated carbocycles. The van der Waals surface area contributed by atoms with Crippen LogP contribution in [-0.4, -0.2) is 49.7 Å². The summed E-state index contributed by atoms with van der Waals surface area (Å²) in [5.41, 5.74) is 0.503. The number of amidine groups is 1. The van der Waals surface area contributed by atoms with Crippen molar-refractivity contribution in [3.05, 3.63) is 29.5 Å². The van der Waals surface area contributed by atoms with Gasteiger partial charge < -0.3 is 29.1 Å². The lowest BCUT2D eigenvalue weighted by atomic mass is 9.92. The summed E-state index contributed by atoms with van der Waals surface area (Å²) in [6.45, 7) is 10.1. The molecule has 0 bridgehead atoms. The second-order valence-electron chi connectivity index (χ2n) is 8.83. The van der Waals surface area contributed by atoms with Crippen LogP contribution in [0.1, 0.15) is 41.0 Å². The molecule has 2 aliphatic rings. The molecule has 3 atom stereocenters. The van der Waals surface area contributed by atoms with E-state index in [1.165, 1.54) is 18.2 Å². The summed E-state index contributed by atoms with van der Waals surface area (Å²) in [4.78, 5) is 14.7. The molecule has 1 aromatic rings. The van der Waals surface area contributed by atoms with E-state index in [0.29, 0.717) is 12.2 Å². The summed E-state index contributed by atoms with van der Waals surface area (Å²) < 4.78 is 47.5. The fourth-order valence-corrected chi connectivity index (χ4v) is 5.64. The van der Waals surface area contributed by atoms with Crippen LogP contribution >= 0.6 is 7.52 Å². The Morgan fingerprint density at radius 3 is 2.69 bits per heavy atom. The van der Waals surface area contributed by atoms with Gasteiger partial charge in [0.15, 0.2) is 5.84 Å². The lowest BCUT2D eigenvalue weighted by Crippen LogP contribution is -2.37. The fraction of sp³-hybridized carbons (Fsp3) is 0.500. The molecular formula is C20H28N4O6PS-. The summed E-state index contributed by atoms with van der Waals surface area (Å²) in [5, 5.41) is 13.9. The zero-order chi connectivity index (χ0) is 23.8. The van der Waals surface area contributed by atoms with Crippen molar-refractivity contribution in [1.82, 2.24) is 4.90 Å². The van der Waals surface area contributed by atoms with Gasteiger partial charge in [0.05, 0.1) is 23.6 Å². The maximum Gasteiger partial charge on any atom is 0.348 e. The summed E-state index contributed by atoms with van der Waals surface area (Å²) >= 11 is -2.56. The zero-order valence-corrected chi connectivity index (χ0v) is 20.4. The largest absolute Gasteiger partial charge is 0.755 e. The number of aliphatic hydroxyl groups excluding tert-OH is 1. The molecule has 1 amide bonds. The third-order valence-electron chi connectivity index (χ3n) is 5.23. The average molecular weight is 484 g/mol.